The van der Waals surface area contributed by atoms with E-state index in [1.54, 1.807) is 25.6 Å². The number of aliphatic imine (C=N–C) groups is 2. The zero-order valence-electron chi connectivity index (χ0n) is 18.1. The number of rotatable bonds is 4. The summed E-state index contributed by atoms with van der Waals surface area (Å²) in [5.74, 6) is 0.998. The second-order valence-corrected chi connectivity index (χ2v) is 8.39. The Hall–Kier alpha value is -3.20. The molecule has 0 bridgehead atoms. The zero-order valence-corrected chi connectivity index (χ0v) is 18.1. The average molecular weight is 436 g/mol. The van der Waals surface area contributed by atoms with E-state index in [2.05, 4.69) is 20.3 Å². The molecule has 1 amide bonds. The maximum absolute atomic E-state index is 14.9. The summed E-state index contributed by atoms with van der Waals surface area (Å²) in [6.45, 7) is 2.61. The van der Waals surface area contributed by atoms with Crippen LogP contribution in [0.5, 0.6) is 0 Å². The van der Waals surface area contributed by atoms with E-state index in [4.69, 9.17) is 9.72 Å². The molecule has 8 nitrogen and oxygen atoms in total. The molecule has 0 unspecified atom stereocenters. The topological polar surface area (TPSA) is 92.1 Å². The number of amides is 1. The number of carbonyl (C=O) groups is 1. The number of hydrogen-bond acceptors (Lipinski definition) is 7. The van der Waals surface area contributed by atoms with E-state index < -0.39 is 5.82 Å². The number of ether oxygens (including phenoxy) is 1. The first-order valence-electron chi connectivity index (χ1n) is 10.9. The van der Waals surface area contributed by atoms with Gasteiger partial charge in [-0.05, 0) is 50.3 Å². The van der Waals surface area contributed by atoms with Gasteiger partial charge in [-0.3, -0.25) is 9.79 Å². The van der Waals surface area contributed by atoms with E-state index in [9.17, 15) is 9.18 Å². The number of aromatic nitrogens is 2. The summed E-state index contributed by atoms with van der Waals surface area (Å²) in [6, 6.07) is 3.40. The molecular weight excluding hydrogens is 411 g/mol. The van der Waals surface area contributed by atoms with Gasteiger partial charge in [-0.15, -0.1) is 0 Å². The number of fused-ring (bicyclic) bond motifs is 1. The average Bonchev–Trinajstić information content (AvgIpc) is 3.34. The molecule has 2 aromatic rings. The summed E-state index contributed by atoms with van der Waals surface area (Å²) in [7, 11) is 1.74. The van der Waals surface area contributed by atoms with Crippen LogP contribution >= 0.6 is 0 Å². The largest absolute Gasteiger partial charge is 0.381 e. The van der Waals surface area contributed by atoms with E-state index in [0.717, 1.165) is 31.2 Å². The van der Waals surface area contributed by atoms with Gasteiger partial charge >= 0.3 is 0 Å². The molecule has 1 saturated carbocycles. The van der Waals surface area contributed by atoms with Crippen molar-refractivity contribution in [1.82, 2.24) is 9.97 Å². The number of aryl methyl sites for hydroxylation is 1. The van der Waals surface area contributed by atoms with Gasteiger partial charge in [0.25, 0.3) is 0 Å². The van der Waals surface area contributed by atoms with Gasteiger partial charge in [-0.1, -0.05) is 0 Å². The van der Waals surface area contributed by atoms with Crippen molar-refractivity contribution < 1.29 is 13.9 Å². The molecule has 1 aromatic carbocycles. The third-order valence-corrected chi connectivity index (χ3v) is 6.38. The number of anilines is 2. The van der Waals surface area contributed by atoms with Gasteiger partial charge < -0.3 is 15.0 Å². The third kappa shape index (κ3) is 3.77. The molecule has 1 N–H and O–H groups in total. The number of benzene rings is 1. The normalized spacial score (nSPS) is 22.5. The first-order chi connectivity index (χ1) is 15.5. The Morgan fingerprint density at radius 2 is 2.00 bits per heavy atom. The van der Waals surface area contributed by atoms with Gasteiger partial charge in [0.15, 0.2) is 17.5 Å². The van der Waals surface area contributed by atoms with Crippen molar-refractivity contribution >= 4 is 29.6 Å². The number of carbonyl (C=O) groups excluding carboxylic acids is 1. The van der Waals surface area contributed by atoms with E-state index in [1.165, 1.54) is 6.07 Å². The molecule has 0 atom stereocenters. The Morgan fingerprint density at radius 3 is 2.72 bits per heavy atom. The van der Waals surface area contributed by atoms with E-state index in [-0.39, 0.29) is 24.6 Å². The quantitative estimate of drug-likeness (QED) is 0.795. The molecule has 1 aliphatic carbocycles. The minimum absolute atomic E-state index is 0.0992. The van der Waals surface area contributed by atoms with Crippen LogP contribution in [0.15, 0.2) is 28.3 Å². The maximum atomic E-state index is 14.9. The lowest BCUT2D eigenvalue weighted by Gasteiger charge is -2.39. The molecule has 3 heterocycles. The van der Waals surface area contributed by atoms with Crippen molar-refractivity contribution in [2.45, 2.75) is 44.8 Å². The zero-order chi connectivity index (χ0) is 22.2. The molecule has 166 valence electrons. The Kier molecular flexibility index (Phi) is 5.42. The Bertz CT molecular complexity index is 1120. The number of nitrogens with zero attached hydrogens (tertiary/aromatic N) is 5. The Labute approximate surface area is 185 Å². The summed E-state index contributed by atoms with van der Waals surface area (Å²) in [5.41, 5.74) is 2.46. The smallest absolute Gasteiger partial charge is 0.245 e. The van der Waals surface area contributed by atoms with Crippen LogP contribution in [0, 0.1) is 12.7 Å². The summed E-state index contributed by atoms with van der Waals surface area (Å²) < 4.78 is 20.4. The molecule has 2 aliphatic heterocycles. The van der Waals surface area contributed by atoms with Gasteiger partial charge in [0.05, 0.1) is 36.6 Å². The molecule has 0 spiro atoms. The number of amidine groups is 1. The molecule has 1 fully saturated rings. The SMILES string of the molecule is COC1CCC(N2CC(=O)Nc3ncc(-c4cc(F)c(C5=NCC=N5)cc4C)nc32)CC1. The van der Waals surface area contributed by atoms with Crippen molar-refractivity contribution in [2.75, 3.05) is 30.4 Å². The molecule has 1 aromatic heterocycles. The second-order valence-electron chi connectivity index (χ2n) is 8.39. The molecule has 3 aliphatic rings. The highest BCUT2D eigenvalue weighted by Gasteiger charge is 2.33. The highest BCUT2D eigenvalue weighted by Crippen LogP contribution is 2.35. The number of hydrogen-bond donors (Lipinski definition) is 1. The summed E-state index contributed by atoms with van der Waals surface area (Å²) in [4.78, 5) is 32.0. The predicted molar refractivity (Wildman–Crippen MR) is 121 cm³/mol. The number of nitrogens with one attached hydrogen (secondary N) is 1. The summed E-state index contributed by atoms with van der Waals surface area (Å²) >= 11 is 0. The summed E-state index contributed by atoms with van der Waals surface area (Å²) in [6.07, 6.45) is 7.23. The van der Waals surface area contributed by atoms with E-state index in [0.29, 0.717) is 40.8 Å². The van der Waals surface area contributed by atoms with Gasteiger partial charge in [0.1, 0.15) is 5.82 Å². The molecular formula is C23H25FN6O2. The first-order valence-corrected chi connectivity index (χ1v) is 10.9. The fourth-order valence-corrected chi connectivity index (χ4v) is 4.67. The predicted octanol–water partition coefficient (Wildman–Crippen LogP) is 3.14. The lowest BCUT2D eigenvalue weighted by atomic mass is 9.91. The van der Waals surface area contributed by atoms with Crippen LogP contribution in [0.2, 0.25) is 0 Å². The minimum Gasteiger partial charge on any atom is -0.381 e. The molecule has 0 radical (unpaired) electrons. The standard InChI is InChI=1S/C23H25FN6O2/c1-13-9-17(21-25-7-8-26-21)18(24)10-16(13)19-11-27-22-23(28-19)30(12-20(31)29-22)14-3-5-15(32-2)6-4-14/h7,9-11,14-15H,3-6,8,12H2,1-2H3,(H,27,29,31). The van der Waals surface area contributed by atoms with Crippen molar-refractivity contribution in [3.63, 3.8) is 0 Å². The van der Waals surface area contributed by atoms with Crippen LogP contribution in [0.3, 0.4) is 0 Å². The maximum Gasteiger partial charge on any atom is 0.245 e. The van der Waals surface area contributed by atoms with Crippen LogP contribution in [0.4, 0.5) is 16.0 Å². The number of halogens is 1. The van der Waals surface area contributed by atoms with Crippen LogP contribution in [-0.4, -0.2) is 60.3 Å². The van der Waals surface area contributed by atoms with Crippen LogP contribution < -0.4 is 10.2 Å². The number of methoxy groups -OCH3 is 1. The molecule has 0 saturated heterocycles. The first kappa shape index (κ1) is 20.7. The van der Waals surface area contributed by atoms with E-state index >= 15 is 0 Å². The van der Waals surface area contributed by atoms with Gasteiger partial charge in [-0.25, -0.2) is 19.4 Å². The lowest BCUT2D eigenvalue weighted by Crippen LogP contribution is -2.47. The van der Waals surface area contributed by atoms with Crippen LogP contribution in [0.1, 0.15) is 36.8 Å². The molecule has 32 heavy (non-hydrogen) atoms. The van der Waals surface area contributed by atoms with Gasteiger partial charge in [-0.2, -0.15) is 0 Å². The highest BCUT2D eigenvalue weighted by atomic mass is 19.1. The fraction of sp³-hybridized carbons (Fsp3) is 0.435. The third-order valence-electron chi connectivity index (χ3n) is 6.38. The Morgan fingerprint density at radius 1 is 1.19 bits per heavy atom. The summed E-state index contributed by atoms with van der Waals surface area (Å²) in [5, 5.41) is 2.82. The van der Waals surface area contributed by atoms with Gasteiger partial charge in [0, 0.05) is 24.9 Å². The minimum atomic E-state index is -0.397. The van der Waals surface area contributed by atoms with Crippen LogP contribution in [-0.2, 0) is 9.53 Å². The van der Waals surface area contributed by atoms with Crippen molar-refractivity contribution in [2.24, 2.45) is 9.98 Å². The van der Waals surface area contributed by atoms with Crippen molar-refractivity contribution in [3.05, 3.63) is 35.3 Å². The Balaban J connectivity index is 1.49. The van der Waals surface area contributed by atoms with Gasteiger partial charge in [0.2, 0.25) is 5.91 Å². The highest BCUT2D eigenvalue weighted by molar-refractivity contribution is 6.06. The van der Waals surface area contributed by atoms with Crippen LogP contribution in [0.25, 0.3) is 11.3 Å². The molecule has 5 rings (SSSR count). The lowest BCUT2D eigenvalue weighted by molar-refractivity contribution is -0.115. The second kappa shape index (κ2) is 8.38. The van der Waals surface area contributed by atoms with Crippen molar-refractivity contribution in [3.8, 4) is 11.3 Å². The van der Waals surface area contributed by atoms with Crippen molar-refractivity contribution in [1.29, 1.82) is 0 Å². The molecule has 9 heteroatoms. The fourth-order valence-electron chi connectivity index (χ4n) is 4.67. The monoisotopic (exact) mass is 436 g/mol. The van der Waals surface area contributed by atoms with E-state index in [1.807, 2.05) is 11.8 Å².